The number of amides is 1. The van der Waals surface area contributed by atoms with E-state index in [1.807, 2.05) is 29.2 Å². The van der Waals surface area contributed by atoms with E-state index < -0.39 is 0 Å². The van der Waals surface area contributed by atoms with Crippen molar-refractivity contribution in [3.05, 3.63) is 54.2 Å². The Morgan fingerprint density at radius 2 is 2.00 bits per heavy atom. The van der Waals surface area contributed by atoms with Gasteiger partial charge in [-0.15, -0.1) is 0 Å². The number of rotatable bonds is 2. The molecule has 3 aromatic rings. The number of nitrogens with one attached hydrogen (secondary N) is 1. The molecule has 0 spiro atoms. The smallest absolute Gasteiger partial charge is 0.272 e. The zero-order chi connectivity index (χ0) is 16.5. The van der Waals surface area contributed by atoms with Crippen LogP contribution in [0.4, 0.5) is 0 Å². The summed E-state index contributed by atoms with van der Waals surface area (Å²) in [6.07, 6.45) is 3.37. The molecule has 0 radical (unpaired) electrons. The third kappa shape index (κ3) is 2.58. The fourth-order valence-electron chi connectivity index (χ4n) is 3.57. The Labute approximate surface area is 141 Å². The van der Waals surface area contributed by atoms with E-state index >= 15 is 0 Å². The minimum atomic E-state index is 0.0567. The monoisotopic (exact) mass is 319 g/mol. The van der Waals surface area contributed by atoms with Gasteiger partial charge >= 0.3 is 0 Å². The van der Waals surface area contributed by atoms with E-state index in [9.17, 15) is 4.79 Å². The zero-order valence-corrected chi connectivity index (χ0v) is 13.8. The summed E-state index contributed by atoms with van der Waals surface area (Å²) < 4.78 is 0. The number of H-pyrrole nitrogens is 1. The Balaban J connectivity index is 1.68. The number of likely N-dealkylation sites (tertiary alicyclic amines) is 1. The van der Waals surface area contributed by atoms with Crippen molar-refractivity contribution in [1.29, 1.82) is 0 Å². The van der Waals surface area contributed by atoms with Gasteiger partial charge in [0.2, 0.25) is 0 Å². The predicted octanol–water partition coefficient (Wildman–Crippen LogP) is 4.24. The van der Waals surface area contributed by atoms with E-state index in [2.05, 4.69) is 41.4 Å². The second-order valence-electron chi connectivity index (χ2n) is 6.54. The number of hydrogen-bond donors (Lipinski definition) is 1. The molecule has 0 aliphatic carbocycles. The Hall–Kier alpha value is -2.62. The second kappa shape index (κ2) is 6.11. The van der Waals surface area contributed by atoms with Gasteiger partial charge in [0.15, 0.2) is 0 Å². The molecule has 1 atom stereocenters. The van der Waals surface area contributed by atoms with Crippen LogP contribution < -0.4 is 0 Å². The molecule has 1 aliphatic rings. The third-order valence-corrected chi connectivity index (χ3v) is 4.94. The van der Waals surface area contributed by atoms with Crippen LogP contribution in [0, 0.1) is 0 Å². The predicted molar refractivity (Wildman–Crippen MR) is 95.9 cm³/mol. The largest absolute Gasteiger partial charge is 0.335 e. The van der Waals surface area contributed by atoms with Crippen molar-refractivity contribution in [2.45, 2.75) is 32.2 Å². The third-order valence-electron chi connectivity index (χ3n) is 4.94. The minimum absolute atomic E-state index is 0.0567. The Morgan fingerprint density at radius 1 is 1.17 bits per heavy atom. The van der Waals surface area contributed by atoms with Crippen LogP contribution in [-0.2, 0) is 0 Å². The fourth-order valence-corrected chi connectivity index (χ4v) is 3.57. The van der Waals surface area contributed by atoms with Crippen molar-refractivity contribution in [2.24, 2.45) is 0 Å². The average molecular weight is 319 g/mol. The molecule has 1 aliphatic heterocycles. The molecule has 4 rings (SSSR count). The first-order chi connectivity index (χ1) is 11.7. The van der Waals surface area contributed by atoms with Crippen molar-refractivity contribution in [3.8, 4) is 11.3 Å². The number of carbonyl (C=O) groups excluding carboxylic acids is 1. The van der Waals surface area contributed by atoms with E-state index in [1.165, 1.54) is 11.8 Å². The summed E-state index contributed by atoms with van der Waals surface area (Å²) >= 11 is 0. The van der Waals surface area contributed by atoms with E-state index in [4.69, 9.17) is 0 Å². The van der Waals surface area contributed by atoms with Crippen molar-refractivity contribution in [2.75, 3.05) is 6.54 Å². The van der Waals surface area contributed by atoms with Crippen LogP contribution in [0.2, 0.25) is 0 Å². The highest BCUT2D eigenvalue weighted by Crippen LogP contribution is 2.28. The molecule has 4 heteroatoms. The number of nitrogens with zero attached hydrogens (tertiary/aromatic N) is 2. The minimum Gasteiger partial charge on any atom is -0.335 e. The number of aromatic nitrogens is 2. The van der Waals surface area contributed by atoms with Crippen molar-refractivity contribution in [1.82, 2.24) is 15.1 Å². The fraction of sp³-hybridized carbons (Fsp3) is 0.300. The molecule has 122 valence electrons. The Morgan fingerprint density at radius 3 is 2.88 bits per heavy atom. The lowest BCUT2D eigenvalue weighted by Crippen LogP contribution is -2.42. The average Bonchev–Trinajstić information content (AvgIpc) is 3.11. The van der Waals surface area contributed by atoms with Gasteiger partial charge in [-0.2, -0.15) is 5.10 Å². The lowest BCUT2D eigenvalue weighted by atomic mass is 10.0. The summed E-state index contributed by atoms with van der Waals surface area (Å²) in [6, 6.07) is 16.6. The Bertz CT molecular complexity index is 878. The highest BCUT2D eigenvalue weighted by Gasteiger charge is 2.25. The molecule has 4 nitrogen and oxygen atoms in total. The SMILES string of the molecule is C[C@@H]1CCCCN1C(=O)c1cc(-c2cccc3ccccc23)n[nH]1. The van der Waals surface area contributed by atoms with Crippen molar-refractivity contribution >= 4 is 16.7 Å². The number of fused-ring (bicyclic) bond motifs is 1. The summed E-state index contributed by atoms with van der Waals surface area (Å²) in [5, 5.41) is 9.68. The topological polar surface area (TPSA) is 49.0 Å². The second-order valence-corrected chi connectivity index (χ2v) is 6.54. The van der Waals surface area contributed by atoms with E-state index in [0.717, 1.165) is 36.0 Å². The summed E-state index contributed by atoms with van der Waals surface area (Å²) in [5.41, 5.74) is 2.45. The molecule has 1 N–H and O–H groups in total. The van der Waals surface area contributed by atoms with Gasteiger partial charge in [-0.3, -0.25) is 9.89 Å². The van der Waals surface area contributed by atoms with Crippen molar-refractivity contribution in [3.63, 3.8) is 0 Å². The zero-order valence-electron chi connectivity index (χ0n) is 13.8. The molecular formula is C20H21N3O. The first-order valence-electron chi connectivity index (χ1n) is 8.58. The quantitative estimate of drug-likeness (QED) is 0.768. The lowest BCUT2D eigenvalue weighted by Gasteiger charge is -2.32. The number of aromatic amines is 1. The summed E-state index contributed by atoms with van der Waals surface area (Å²) in [4.78, 5) is 14.7. The van der Waals surface area contributed by atoms with Gasteiger partial charge in [-0.05, 0) is 43.0 Å². The van der Waals surface area contributed by atoms with Gasteiger partial charge in [0.25, 0.3) is 5.91 Å². The first-order valence-corrected chi connectivity index (χ1v) is 8.58. The van der Waals surface area contributed by atoms with Gasteiger partial charge in [0.1, 0.15) is 5.69 Å². The van der Waals surface area contributed by atoms with Crippen LogP contribution in [-0.4, -0.2) is 33.6 Å². The van der Waals surface area contributed by atoms with Crippen molar-refractivity contribution < 1.29 is 4.79 Å². The highest BCUT2D eigenvalue weighted by molar-refractivity contribution is 5.98. The molecule has 1 aromatic heterocycles. The highest BCUT2D eigenvalue weighted by atomic mass is 16.2. The summed E-state index contributed by atoms with van der Waals surface area (Å²) in [6.45, 7) is 2.96. The van der Waals surface area contributed by atoms with Gasteiger partial charge in [-0.1, -0.05) is 42.5 Å². The maximum atomic E-state index is 12.8. The molecule has 24 heavy (non-hydrogen) atoms. The number of piperidine rings is 1. The van der Waals surface area contributed by atoms with E-state index in [-0.39, 0.29) is 5.91 Å². The Kier molecular flexibility index (Phi) is 3.81. The molecule has 0 bridgehead atoms. The normalized spacial score (nSPS) is 18.0. The van der Waals surface area contributed by atoms with E-state index in [0.29, 0.717) is 11.7 Å². The molecule has 2 heterocycles. The number of hydrogen-bond acceptors (Lipinski definition) is 2. The first kappa shape index (κ1) is 14.9. The summed E-state index contributed by atoms with van der Waals surface area (Å²) in [7, 11) is 0. The molecule has 1 saturated heterocycles. The number of carbonyl (C=O) groups is 1. The molecule has 1 fully saturated rings. The van der Waals surface area contributed by atoms with Crippen LogP contribution in [0.15, 0.2) is 48.5 Å². The van der Waals surface area contributed by atoms with Gasteiger partial charge in [-0.25, -0.2) is 0 Å². The number of benzene rings is 2. The molecule has 0 saturated carbocycles. The lowest BCUT2D eigenvalue weighted by molar-refractivity contribution is 0.0629. The van der Waals surface area contributed by atoms with Gasteiger partial charge in [0, 0.05) is 18.2 Å². The van der Waals surface area contributed by atoms with Crippen LogP contribution in [0.3, 0.4) is 0 Å². The molecule has 0 unspecified atom stereocenters. The summed E-state index contributed by atoms with van der Waals surface area (Å²) in [5.74, 6) is 0.0567. The molecular weight excluding hydrogens is 298 g/mol. The maximum absolute atomic E-state index is 12.8. The van der Waals surface area contributed by atoms with Crippen LogP contribution in [0.5, 0.6) is 0 Å². The van der Waals surface area contributed by atoms with E-state index in [1.54, 1.807) is 0 Å². The van der Waals surface area contributed by atoms with Gasteiger partial charge < -0.3 is 4.90 Å². The van der Waals surface area contributed by atoms with Crippen LogP contribution in [0.1, 0.15) is 36.7 Å². The standard InChI is InChI=1S/C20H21N3O/c1-14-7-4-5-12-23(14)20(24)19-13-18(21-22-19)17-11-6-9-15-8-2-3-10-16(15)17/h2-3,6,8-11,13-14H,4-5,7,12H2,1H3,(H,21,22)/t14-/m1/s1. The van der Waals surface area contributed by atoms with Gasteiger partial charge in [0.05, 0.1) is 5.69 Å². The van der Waals surface area contributed by atoms with Crippen LogP contribution >= 0.6 is 0 Å². The molecule has 1 amide bonds. The molecule has 2 aromatic carbocycles. The maximum Gasteiger partial charge on any atom is 0.272 e. The van der Waals surface area contributed by atoms with Crippen LogP contribution in [0.25, 0.3) is 22.0 Å².